The van der Waals surface area contributed by atoms with E-state index in [1.165, 1.54) is 16.4 Å². The number of halogens is 2. The summed E-state index contributed by atoms with van der Waals surface area (Å²) in [6.45, 7) is 5.49. The van der Waals surface area contributed by atoms with Crippen molar-refractivity contribution in [1.82, 2.24) is 9.21 Å². The van der Waals surface area contributed by atoms with Gasteiger partial charge < -0.3 is 23.8 Å². The van der Waals surface area contributed by atoms with Crippen LogP contribution in [0.3, 0.4) is 0 Å². The van der Waals surface area contributed by atoms with Gasteiger partial charge in [-0.2, -0.15) is 4.31 Å². The van der Waals surface area contributed by atoms with Gasteiger partial charge in [0.15, 0.2) is 11.5 Å². The molecule has 0 aliphatic carbocycles. The van der Waals surface area contributed by atoms with Crippen LogP contribution in [0.5, 0.6) is 17.2 Å². The molecule has 2 aromatic carbocycles. The molecule has 0 aromatic heterocycles. The molecule has 0 N–H and O–H groups in total. The molecule has 2 saturated heterocycles. The Morgan fingerprint density at radius 3 is 2.28 bits per heavy atom. The van der Waals surface area contributed by atoms with E-state index in [-0.39, 0.29) is 41.9 Å². The minimum atomic E-state index is -3.90. The van der Waals surface area contributed by atoms with Crippen molar-refractivity contribution in [1.29, 1.82) is 0 Å². The third kappa shape index (κ3) is 6.25. The Balaban J connectivity index is 1.34. The van der Waals surface area contributed by atoms with Crippen LogP contribution in [0.25, 0.3) is 0 Å². The van der Waals surface area contributed by atoms with Crippen molar-refractivity contribution >= 4 is 39.1 Å². The fraction of sp³-hybridized carbons (Fsp3) is 0.519. The molecule has 3 heterocycles. The van der Waals surface area contributed by atoms with E-state index in [2.05, 4.69) is 0 Å². The summed E-state index contributed by atoms with van der Waals surface area (Å²) >= 11 is 12.6. The third-order valence-corrected chi connectivity index (χ3v) is 10.3. The Morgan fingerprint density at radius 2 is 1.62 bits per heavy atom. The van der Waals surface area contributed by atoms with Gasteiger partial charge in [-0.25, -0.2) is 8.42 Å². The standard InChI is InChI=1S/C27H32Cl2N2O7S/c1-19-14-20(2-3-21(19)28)38-18-27(17-26(32)30-8-10-35-11-9-30)4-6-31(7-5-27)39(33,34)25-16-24-23(15-22(25)29)36-12-13-37-24/h2-3,14-16H,4-13,17-18H2,1H3. The average molecular weight is 600 g/mol. The topological polar surface area (TPSA) is 94.6 Å². The van der Waals surface area contributed by atoms with E-state index in [4.69, 9.17) is 42.1 Å². The van der Waals surface area contributed by atoms with Gasteiger partial charge in [-0.05, 0) is 43.5 Å². The summed E-state index contributed by atoms with van der Waals surface area (Å²) in [5.74, 6) is 1.48. The monoisotopic (exact) mass is 598 g/mol. The molecule has 1 amide bonds. The molecule has 0 spiro atoms. The van der Waals surface area contributed by atoms with E-state index in [1.54, 1.807) is 12.1 Å². The number of morpholine rings is 1. The summed E-state index contributed by atoms with van der Waals surface area (Å²) in [5.41, 5.74) is 0.357. The van der Waals surface area contributed by atoms with Crippen molar-refractivity contribution in [2.24, 2.45) is 5.41 Å². The van der Waals surface area contributed by atoms with Crippen LogP contribution in [0.2, 0.25) is 10.0 Å². The van der Waals surface area contributed by atoms with Crippen molar-refractivity contribution in [3.8, 4) is 17.2 Å². The highest BCUT2D eigenvalue weighted by atomic mass is 35.5. The summed E-state index contributed by atoms with van der Waals surface area (Å²) in [5, 5.41) is 0.732. The van der Waals surface area contributed by atoms with Crippen LogP contribution in [0.1, 0.15) is 24.8 Å². The van der Waals surface area contributed by atoms with E-state index >= 15 is 0 Å². The molecule has 0 atom stereocenters. The van der Waals surface area contributed by atoms with Crippen LogP contribution in [0, 0.1) is 12.3 Å². The van der Waals surface area contributed by atoms with Gasteiger partial charge in [0.25, 0.3) is 0 Å². The maximum absolute atomic E-state index is 13.6. The Kier molecular flexibility index (Phi) is 8.49. The first-order valence-electron chi connectivity index (χ1n) is 13.0. The lowest BCUT2D eigenvalue weighted by atomic mass is 9.76. The number of rotatable bonds is 7. The van der Waals surface area contributed by atoms with Crippen molar-refractivity contribution in [2.75, 3.05) is 59.2 Å². The van der Waals surface area contributed by atoms with Gasteiger partial charge >= 0.3 is 0 Å². The number of amides is 1. The molecule has 0 saturated carbocycles. The van der Waals surface area contributed by atoms with Crippen molar-refractivity contribution in [3.05, 3.63) is 45.9 Å². The fourth-order valence-electron chi connectivity index (χ4n) is 5.14. The molecule has 5 rings (SSSR count). The van der Waals surface area contributed by atoms with Crippen molar-refractivity contribution in [2.45, 2.75) is 31.1 Å². The summed E-state index contributed by atoms with van der Waals surface area (Å²) in [6, 6.07) is 8.37. The first-order chi connectivity index (χ1) is 18.7. The van der Waals surface area contributed by atoms with Gasteiger partial charge in [-0.15, -0.1) is 0 Å². The first-order valence-corrected chi connectivity index (χ1v) is 15.2. The number of ether oxygens (including phenoxy) is 4. The Morgan fingerprint density at radius 1 is 0.949 bits per heavy atom. The molecule has 2 fully saturated rings. The number of carbonyl (C=O) groups excluding carboxylic acids is 1. The molecule has 0 bridgehead atoms. The number of hydrogen-bond donors (Lipinski definition) is 0. The van der Waals surface area contributed by atoms with Gasteiger partial charge in [-0.3, -0.25) is 4.79 Å². The number of piperidine rings is 1. The number of aryl methyl sites for hydroxylation is 1. The molecule has 0 radical (unpaired) electrons. The van der Waals surface area contributed by atoms with E-state index in [9.17, 15) is 13.2 Å². The lowest BCUT2D eigenvalue weighted by molar-refractivity contribution is -0.139. The maximum atomic E-state index is 13.6. The summed E-state index contributed by atoms with van der Waals surface area (Å²) in [6.07, 6.45) is 1.17. The molecule has 9 nitrogen and oxygen atoms in total. The molecule has 12 heteroatoms. The Bertz CT molecular complexity index is 1320. The van der Waals surface area contributed by atoms with Gasteiger partial charge in [0.1, 0.15) is 23.9 Å². The van der Waals surface area contributed by atoms with E-state index in [0.29, 0.717) is 74.6 Å². The second kappa shape index (κ2) is 11.7. The molecule has 39 heavy (non-hydrogen) atoms. The Labute approximate surface area is 238 Å². The van der Waals surface area contributed by atoms with Crippen LogP contribution in [0.15, 0.2) is 35.2 Å². The quantitative estimate of drug-likeness (QED) is 0.472. The van der Waals surface area contributed by atoms with Crippen molar-refractivity contribution < 1.29 is 32.2 Å². The average Bonchev–Trinajstić information content (AvgIpc) is 2.94. The smallest absolute Gasteiger partial charge is 0.244 e. The van der Waals surface area contributed by atoms with Crippen LogP contribution in [-0.2, 0) is 19.6 Å². The summed E-state index contributed by atoms with van der Waals surface area (Å²) < 4.78 is 51.4. The lowest BCUT2D eigenvalue weighted by Gasteiger charge is -2.42. The second-order valence-corrected chi connectivity index (χ2v) is 12.9. The summed E-state index contributed by atoms with van der Waals surface area (Å²) in [7, 11) is -3.90. The number of hydrogen-bond acceptors (Lipinski definition) is 7. The van der Waals surface area contributed by atoms with Gasteiger partial charge in [-0.1, -0.05) is 23.2 Å². The SMILES string of the molecule is Cc1cc(OCC2(CC(=O)N3CCOCC3)CCN(S(=O)(=O)c3cc4c(cc3Cl)OCCO4)CC2)ccc1Cl. The van der Waals surface area contributed by atoms with Crippen LogP contribution >= 0.6 is 23.2 Å². The van der Waals surface area contributed by atoms with Crippen LogP contribution in [0.4, 0.5) is 0 Å². The first kappa shape index (κ1) is 28.3. The van der Waals surface area contributed by atoms with Crippen LogP contribution in [-0.4, -0.2) is 82.7 Å². The molecule has 2 aromatic rings. The fourth-order valence-corrected chi connectivity index (χ4v) is 7.21. The largest absolute Gasteiger partial charge is 0.493 e. The number of carbonyl (C=O) groups is 1. The minimum absolute atomic E-state index is 0.0156. The molecular weight excluding hydrogens is 567 g/mol. The number of nitrogens with zero attached hydrogens (tertiary/aromatic N) is 2. The zero-order valence-corrected chi connectivity index (χ0v) is 24.1. The predicted molar refractivity (Wildman–Crippen MR) is 147 cm³/mol. The van der Waals surface area contributed by atoms with E-state index in [1.807, 2.05) is 17.9 Å². The third-order valence-electron chi connectivity index (χ3n) is 7.56. The number of sulfonamides is 1. The molecule has 3 aliphatic heterocycles. The number of fused-ring (bicyclic) bond motifs is 1. The molecule has 212 valence electrons. The lowest BCUT2D eigenvalue weighted by Crippen LogP contribution is -2.49. The van der Waals surface area contributed by atoms with E-state index < -0.39 is 15.4 Å². The van der Waals surface area contributed by atoms with Crippen molar-refractivity contribution in [3.63, 3.8) is 0 Å². The predicted octanol–water partition coefficient (Wildman–Crippen LogP) is 4.17. The zero-order chi connectivity index (χ0) is 27.6. The maximum Gasteiger partial charge on any atom is 0.244 e. The molecule has 0 unspecified atom stereocenters. The zero-order valence-electron chi connectivity index (χ0n) is 21.8. The van der Waals surface area contributed by atoms with Crippen LogP contribution < -0.4 is 14.2 Å². The minimum Gasteiger partial charge on any atom is -0.493 e. The van der Waals surface area contributed by atoms with Gasteiger partial charge in [0, 0.05) is 55.2 Å². The highest BCUT2D eigenvalue weighted by Gasteiger charge is 2.42. The summed E-state index contributed by atoms with van der Waals surface area (Å²) in [4.78, 5) is 15.1. The van der Waals surface area contributed by atoms with Gasteiger partial charge in [0.2, 0.25) is 15.9 Å². The van der Waals surface area contributed by atoms with E-state index in [0.717, 1.165) is 5.56 Å². The normalized spacial score (nSPS) is 19.5. The highest BCUT2D eigenvalue weighted by molar-refractivity contribution is 7.89. The highest BCUT2D eigenvalue weighted by Crippen LogP contribution is 2.42. The molecule has 3 aliphatic rings. The molecular formula is C27H32Cl2N2O7S. The Hall–Kier alpha value is -2.24. The second-order valence-electron chi connectivity index (χ2n) is 10.2. The van der Waals surface area contributed by atoms with Gasteiger partial charge in [0.05, 0.1) is 24.8 Å². The number of benzene rings is 2.